The van der Waals surface area contributed by atoms with E-state index in [1.807, 2.05) is 68.0 Å². The Bertz CT molecular complexity index is 1180. The molecule has 4 rings (SSSR count). The number of rotatable bonds is 6. The van der Waals surface area contributed by atoms with Gasteiger partial charge in [-0.1, -0.05) is 17.4 Å². The number of carbonyl (C=O) groups excluding carboxylic acids is 1. The number of carbonyl (C=O) groups is 1. The van der Waals surface area contributed by atoms with Crippen LogP contribution in [0.3, 0.4) is 0 Å². The lowest BCUT2D eigenvalue weighted by Crippen LogP contribution is -2.37. The zero-order valence-electron chi connectivity index (χ0n) is 16.9. The summed E-state index contributed by atoms with van der Waals surface area (Å²) in [5.74, 6) is 0.672. The molecular formula is C21H23N5O2S. The van der Waals surface area contributed by atoms with E-state index in [1.54, 1.807) is 12.0 Å². The third-order valence-electron chi connectivity index (χ3n) is 4.74. The van der Waals surface area contributed by atoms with E-state index >= 15 is 0 Å². The highest BCUT2D eigenvalue weighted by molar-refractivity contribution is 7.22. The lowest BCUT2D eigenvalue weighted by atomic mass is 10.3. The predicted octanol–water partition coefficient (Wildman–Crippen LogP) is 3.47. The van der Waals surface area contributed by atoms with Crippen LogP contribution >= 0.6 is 11.3 Å². The highest BCUT2D eigenvalue weighted by Crippen LogP contribution is 2.32. The fourth-order valence-electron chi connectivity index (χ4n) is 3.22. The number of methoxy groups -OCH3 is 1. The maximum absolute atomic E-state index is 13.6. The summed E-state index contributed by atoms with van der Waals surface area (Å²) in [7, 11) is 5.63. The van der Waals surface area contributed by atoms with Crippen molar-refractivity contribution >= 4 is 38.2 Å². The number of likely N-dealkylation sites (N-methyl/N-ethyl adjacent to an activating group) is 1. The number of fused-ring (bicyclic) bond motifs is 2. The smallest absolute Gasteiger partial charge is 0.279 e. The van der Waals surface area contributed by atoms with Crippen molar-refractivity contribution < 1.29 is 9.53 Å². The van der Waals surface area contributed by atoms with Gasteiger partial charge in [0.15, 0.2) is 5.13 Å². The van der Waals surface area contributed by atoms with Gasteiger partial charge in [-0.05, 0) is 51.4 Å². The number of hydrogen-bond donors (Lipinski definition) is 0. The van der Waals surface area contributed by atoms with E-state index in [9.17, 15) is 4.79 Å². The van der Waals surface area contributed by atoms with Crippen molar-refractivity contribution in [3.8, 4) is 5.75 Å². The molecule has 0 unspecified atom stereocenters. The van der Waals surface area contributed by atoms with Gasteiger partial charge < -0.3 is 9.64 Å². The molecule has 29 heavy (non-hydrogen) atoms. The summed E-state index contributed by atoms with van der Waals surface area (Å²) in [6, 6.07) is 11.5. The summed E-state index contributed by atoms with van der Waals surface area (Å²) in [5, 5.41) is 0.672. The fourth-order valence-corrected chi connectivity index (χ4v) is 4.24. The second-order valence-corrected chi connectivity index (χ2v) is 8.07. The fraction of sp³-hybridized carbons (Fsp3) is 0.286. The molecule has 0 radical (unpaired) electrons. The first-order chi connectivity index (χ1) is 14.0. The van der Waals surface area contributed by atoms with Crippen molar-refractivity contribution in [2.75, 3.05) is 39.2 Å². The van der Waals surface area contributed by atoms with Crippen molar-refractivity contribution in [2.24, 2.45) is 0 Å². The quantitative estimate of drug-likeness (QED) is 0.488. The number of benzene rings is 1. The van der Waals surface area contributed by atoms with E-state index in [0.29, 0.717) is 23.1 Å². The third-order valence-corrected chi connectivity index (χ3v) is 5.78. The summed E-state index contributed by atoms with van der Waals surface area (Å²) in [5.41, 5.74) is 2.88. The molecule has 0 saturated heterocycles. The maximum Gasteiger partial charge on any atom is 0.279 e. The normalized spacial score (nSPS) is 11.5. The molecule has 0 aliphatic carbocycles. The number of aryl methyl sites for hydroxylation is 1. The van der Waals surface area contributed by atoms with Crippen molar-refractivity contribution in [3.05, 3.63) is 54.0 Å². The van der Waals surface area contributed by atoms with Gasteiger partial charge in [0.25, 0.3) is 5.91 Å². The van der Waals surface area contributed by atoms with Crippen LogP contribution in [0.15, 0.2) is 42.6 Å². The summed E-state index contributed by atoms with van der Waals surface area (Å²) < 4.78 is 8.15. The van der Waals surface area contributed by atoms with Crippen molar-refractivity contribution in [1.82, 2.24) is 19.3 Å². The van der Waals surface area contributed by atoms with E-state index in [2.05, 4.69) is 9.88 Å². The van der Waals surface area contributed by atoms with Crippen molar-refractivity contribution in [2.45, 2.75) is 6.92 Å². The Morgan fingerprint density at radius 1 is 1.17 bits per heavy atom. The first-order valence-electron chi connectivity index (χ1n) is 9.33. The molecule has 150 valence electrons. The molecule has 0 N–H and O–H groups in total. The summed E-state index contributed by atoms with van der Waals surface area (Å²) in [6.45, 7) is 3.12. The number of hydrogen-bond acceptors (Lipinski definition) is 6. The van der Waals surface area contributed by atoms with Gasteiger partial charge in [-0.2, -0.15) is 0 Å². The number of ether oxygens (including phenoxy) is 1. The van der Waals surface area contributed by atoms with E-state index in [0.717, 1.165) is 28.2 Å². The van der Waals surface area contributed by atoms with Gasteiger partial charge >= 0.3 is 0 Å². The van der Waals surface area contributed by atoms with Crippen molar-refractivity contribution in [3.63, 3.8) is 0 Å². The number of imidazole rings is 1. The van der Waals surface area contributed by atoms with Gasteiger partial charge in [0.1, 0.15) is 17.1 Å². The predicted molar refractivity (Wildman–Crippen MR) is 116 cm³/mol. The zero-order valence-corrected chi connectivity index (χ0v) is 17.7. The van der Waals surface area contributed by atoms with Gasteiger partial charge in [-0.15, -0.1) is 0 Å². The van der Waals surface area contributed by atoms with Crippen LogP contribution in [0.2, 0.25) is 0 Å². The molecule has 0 bridgehead atoms. The van der Waals surface area contributed by atoms with Gasteiger partial charge in [0, 0.05) is 19.3 Å². The Kier molecular flexibility index (Phi) is 5.21. The minimum Gasteiger partial charge on any atom is -0.497 e. The van der Waals surface area contributed by atoms with Crippen LogP contribution in [0.1, 0.15) is 16.2 Å². The minimum atomic E-state index is -0.103. The van der Waals surface area contributed by atoms with Gasteiger partial charge in [0.2, 0.25) is 0 Å². The average molecular weight is 410 g/mol. The molecule has 0 atom stereocenters. The number of nitrogens with zero attached hydrogens (tertiary/aromatic N) is 5. The van der Waals surface area contributed by atoms with Crippen LogP contribution in [-0.2, 0) is 0 Å². The molecule has 0 spiro atoms. The number of amides is 1. The number of pyridine rings is 1. The second-order valence-electron chi connectivity index (χ2n) is 7.06. The highest BCUT2D eigenvalue weighted by Gasteiger charge is 2.26. The van der Waals surface area contributed by atoms with Crippen LogP contribution < -0.4 is 9.64 Å². The molecule has 4 aromatic rings. The first kappa shape index (κ1) is 19.4. The van der Waals surface area contributed by atoms with Gasteiger partial charge in [0.05, 0.1) is 23.0 Å². The van der Waals surface area contributed by atoms with Crippen LogP contribution in [0, 0.1) is 6.92 Å². The third kappa shape index (κ3) is 3.68. The summed E-state index contributed by atoms with van der Waals surface area (Å²) in [6.07, 6.45) is 1.87. The second kappa shape index (κ2) is 7.81. The standard InChI is InChI=1S/C21H23N5O2S/c1-14-19(25-10-6-5-7-18(25)22-14)20(27)26(12-11-24(2)3)21-23-16-9-8-15(28-4)13-17(16)29-21/h5-10,13H,11-12H2,1-4H3. The Morgan fingerprint density at radius 2 is 2.00 bits per heavy atom. The molecule has 0 aliphatic heterocycles. The molecular weight excluding hydrogens is 386 g/mol. The molecule has 8 heteroatoms. The van der Waals surface area contributed by atoms with E-state index in [1.165, 1.54) is 11.3 Å². The maximum atomic E-state index is 13.6. The Morgan fingerprint density at radius 3 is 2.76 bits per heavy atom. The monoisotopic (exact) mass is 409 g/mol. The lowest BCUT2D eigenvalue weighted by Gasteiger charge is -2.22. The van der Waals surface area contributed by atoms with Crippen LogP contribution in [0.4, 0.5) is 5.13 Å². The number of anilines is 1. The minimum absolute atomic E-state index is 0.103. The first-order valence-corrected chi connectivity index (χ1v) is 10.1. The number of thiazole rings is 1. The Balaban J connectivity index is 1.79. The Labute approximate surface area is 173 Å². The van der Waals surface area contributed by atoms with E-state index in [4.69, 9.17) is 9.72 Å². The highest BCUT2D eigenvalue weighted by atomic mass is 32.1. The van der Waals surface area contributed by atoms with E-state index < -0.39 is 0 Å². The molecule has 0 saturated carbocycles. The lowest BCUT2D eigenvalue weighted by molar-refractivity contribution is 0.0979. The molecule has 1 amide bonds. The topological polar surface area (TPSA) is 63.0 Å². The van der Waals surface area contributed by atoms with Gasteiger partial charge in [-0.25, -0.2) is 9.97 Å². The van der Waals surface area contributed by atoms with E-state index in [-0.39, 0.29) is 5.91 Å². The molecule has 3 aromatic heterocycles. The molecule has 3 heterocycles. The largest absolute Gasteiger partial charge is 0.497 e. The van der Waals surface area contributed by atoms with Crippen LogP contribution in [0.5, 0.6) is 5.75 Å². The van der Waals surface area contributed by atoms with Crippen LogP contribution in [0.25, 0.3) is 15.9 Å². The molecule has 1 aromatic carbocycles. The Hall–Kier alpha value is -2.97. The average Bonchev–Trinajstić information content (AvgIpc) is 3.26. The number of aromatic nitrogens is 3. The SMILES string of the molecule is COc1ccc2nc(N(CCN(C)C)C(=O)c3c(C)nc4ccccn34)sc2c1. The van der Waals surface area contributed by atoms with Crippen molar-refractivity contribution in [1.29, 1.82) is 0 Å². The summed E-state index contributed by atoms with van der Waals surface area (Å²) >= 11 is 1.49. The molecule has 7 nitrogen and oxygen atoms in total. The molecule has 0 aliphatic rings. The zero-order chi connectivity index (χ0) is 20.5. The summed E-state index contributed by atoms with van der Waals surface area (Å²) in [4.78, 5) is 26.7. The van der Waals surface area contributed by atoms with Crippen LogP contribution in [-0.4, -0.2) is 59.5 Å². The molecule has 0 fully saturated rings. The van der Waals surface area contributed by atoms with Gasteiger partial charge in [-0.3, -0.25) is 14.1 Å².